The number of benzene rings is 3. The molecule has 10 heteroatoms. The molecule has 290 valence electrons. The fourth-order valence-corrected chi connectivity index (χ4v) is 10.4. The van der Waals surface area contributed by atoms with Crippen molar-refractivity contribution in [3.05, 3.63) is 93.5 Å². The molecule has 0 spiro atoms. The van der Waals surface area contributed by atoms with E-state index in [4.69, 9.17) is 16.3 Å². The molecular formula is C47H44ClN3O6. The van der Waals surface area contributed by atoms with Crippen LogP contribution >= 0.6 is 11.6 Å². The number of ether oxygens (including phenoxy) is 1. The second kappa shape index (κ2) is 14.5. The summed E-state index contributed by atoms with van der Waals surface area (Å²) in [5, 5.41) is 9.52. The quantitative estimate of drug-likeness (QED) is 0.187. The fraction of sp³-hybridized carbons (Fsp3) is 0.426. The maximum absolute atomic E-state index is 13.9. The lowest BCUT2D eigenvalue weighted by Crippen LogP contribution is -2.67. The summed E-state index contributed by atoms with van der Waals surface area (Å²) < 4.78 is 6.31. The Morgan fingerprint density at radius 2 is 1.65 bits per heavy atom. The summed E-state index contributed by atoms with van der Waals surface area (Å²) in [6.45, 7) is 9.38. The zero-order valence-electron chi connectivity index (χ0n) is 32.6. The zero-order chi connectivity index (χ0) is 40.4. The summed E-state index contributed by atoms with van der Waals surface area (Å²) in [5.41, 5.74) is 3.14. The van der Waals surface area contributed by atoms with Crippen LogP contribution in [0, 0.1) is 63.6 Å². The number of ketones is 4. The Kier molecular flexibility index (Phi) is 9.81. The first-order chi connectivity index (χ1) is 27.1. The highest BCUT2D eigenvalue weighted by Gasteiger charge is 2.61. The molecule has 0 N–H and O–H groups in total. The number of nitrogens with zero attached hydrogens (tertiary/aromatic N) is 3. The number of fused-ring (bicyclic) bond motifs is 2. The third kappa shape index (κ3) is 6.91. The second-order valence-electron chi connectivity index (χ2n) is 17.5. The van der Waals surface area contributed by atoms with Crippen molar-refractivity contribution in [2.24, 2.45) is 45.4 Å². The van der Waals surface area contributed by atoms with Gasteiger partial charge < -0.3 is 9.64 Å². The van der Waals surface area contributed by atoms with E-state index in [0.717, 1.165) is 17.0 Å². The number of hydrogen-bond donors (Lipinski definition) is 0. The van der Waals surface area contributed by atoms with Crippen molar-refractivity contribution in [3.8, 4) is 23.7 Å². The predicted molar refractivity (Wildman–Crippen MR) is 216 cm³/mol. The molecule has 4 unspecified atom stereocenters. The van der Waals surface area contributed by atoms with E-state index < -0.39 is 10.8 Å². The van der Waals surface area contributed by atoms with E-state index >= 15 is 0 Å². The van der Waals surface area contributed by atoms with Crippen molar-refractivity contribution in [3.63, 3.8) is 0 Å². The van der Waals surface area contributed by atoms with Crippen molar-refractivity contribution in [1.29, 1.82) is 5.26 Å². The largest absolute Gasteiger partial charge is 0.488 e. The molecule has 8 rings (SSSR count). The molecule has 1 heterocycles. The Balaban J connectivity index is 0.876. The Hall–Kier alpha value is -5.38. The Bertz CT molecular complexity index is 2350. The van der Waals surface area contributed by atoms with Crippen molar-refractivity contribution < 1.29 is 28.7 Å². The average Bonchev–Trinajstić information content (AvgIpc) is 3.36. The molecule has 3 aromatic rings. The summed E-state index contributed by atoms with van der Waals surface area (Å²) in [7, 11) is 0. The number of carbonyl (C=O) groups is 5. The molecule has 4 fully saturated rings. The summed E-state index contributed by atoms with van der Waals surface area (Å²) >= 11 is 6.22. The molecule has 1 saturated heterocycles. The first-order valence-electron chi connectivity index (χ1n) is 19.8. The van der Waals surface area contributed by atoms with E-state index in [1.807, 2.05) is 52.0 Å². The lowest BCUT2D eigenvalue weighted by Gasteiger charge is -2.57. The number of nitriles is 1. The van der Waals surface area contributed by atoms with Gasteiger partial charge in [0.15, 0.2) is 11.6 Å². The van der Waals surface area contributed by atoms with Crippen LogP contribution in [-0.2, 0) is 9.59 Å². The molecule has 57 heavy (non-hydrogen) atoms. The van der Waals surface area contributed by atoms with Gasteiger partial charge in [0.05, 0.1) is 16.5 Å². The number of halogens is 1. The van der Waals surface area contributed by atoms with E-state index in [-0.39, 0.29) is 71.2 Å². The smallest absolute Gasteiger partial charge is 0.276 e. The van der Waals surface area contributed by atoms with Gasteiger partial charge in [-0.1, -0.05) is 51.1 Å². The van der Waals surface area contributed by atoms with E-state index in [1.54, 1.807) is 36.4 Å². The molecule has 4 aliphatic carbocycles. The third-order valence-corrected chi connectivity index (χ3v) is 13.3. The van der Waals surface area contributed by atoms with Crippen molar-refractivity contribution >= 4 is 52.0 Å². The van der Waals surface area contributed by atoms with E-state index in [9.17, 15) is 29.2 Å². The van der Waals surface area contributed by atoms with Gasteiger partial charge in [-0.15, -0.1) is 0 Å². The number of rotatable bonds is 5. The second-order valence-corrected chi connectivity index (χ2v) is 17.9. The minimum Gasteiger partial charge on any atom is -0.488 e. The van der Waals surface area contributed by atoms with Crippen LogP contribution in [0.15, 0.2) is 65.7 Å². The molecular weight excluding hydrogens is 738 g/mol. The van der Waals surface area contributed by atoms with Crippen LogP contribution in [0.2, 0.25) is 5.02 Å². The standard InChI is InChI=1S/C47H44ClN3O6/c1-46(2)44(47(3,4)45(46)57-33-15-11-29(23-49)38(48)22-33)50-43(56)28-9-7-26(8-10-28)5-6-27-24-51(25-27)31-12-16-35-36(21-31)40(54)20-30-19-37(41(30)42(35)55)34-17-13-32(52)14-18-39(34)53/h7-12,15-16,21-22,27,30,34,37,41,45H,13-14,17-20,24-25H2,1-4H3. The lowest BCUT2D eigenvalue weighted by molar-refractivity contribution is -0.128. The van der Waals surface area contributed by atoms with Gasteiger partial charge in [0.25, 0.3) is 5.91 Å². The number of Topliss-reactive ketones (excluding diaryl/α,β-unsaturated/α-hetero) is 4. The monoisotopic (exact) mass is 781 g/mol. The summed E-state index contributed by atoms with van der Waals surface area (Å²) in [5.74, 6) is 6.28. The van der Waals surface area contributed by atoms with Crippen LogP contribution in [-0.4, -0.2) is 53.9 Å². The van der Waals surface area contributed by atoms with Gasteiger partial charge in [0.2, 0.25) is 0 Å². The number of carbonyl (C=O) groups excluding carboxylic acids is 5. The molecule has 0 aromatic heterocycles. The molecule has 3 saturated carbocycles. The Labute approximate surface area is 337 Å². The van der Waals surface area contributed by atoms with Crippen LogP contribution < -0.4 is 9.64 Å². The summed E-state index contributed by atoms with van der Waals surface area (Å²) in [4.78, 5) is 72.2. The zero-order valence-corrected chi connectivity index (χ0v) is 33.3. The van der Waals surface area contributed by atoms with Gasteiger partial charge in [-0.2, -0.15) is 5.26 Å². The highest BCUT2D eigenvalue weighted by Crippen LogP contribution is 2.54. The fourth-order valence-electron chi connectivity index (χ4n) is 10.1. The molecule has 4 atom stereocenters. The maximum Gasteiger partial charge on any atom is 0.276 e. The normalized spacial score (nSPS) is 26.1. The molecule has 1 amide bonds. The van der Waals surface area contributed by atoms with Crippen molar-refractivity contribution in [2.45, 2.75) is 72.3 Å². The topological polar surface area (TPSA) is 134 Å². The predicted octanol–water partition coefficient (Wildman–Crippen LogP) is 8.14. The molecule has 9 nitrogen and oxygen atoms in total. The number of anilines is 1. The SMILES string of the molecule is CC1(C)C(=NC(=O)c2ccc(C#CC3CN(c4ccc5c(c4)C(=O)CC4CC(C6CCC(=O)CCC6=O)C4C5=O)C3)cc2)C(C)(C)C1Oc1ccc(C#N)c(Cl)c1. The average molecular weight is 782 g/mol. The van der Waals surface area contributed by atoms with Crippen molar-refractivity contribution in [1.82, 2.24) is 0 Å². The molecule has 0 bridgehead atoms. The van der Waals surface area contributed by atoms with Gasteiger partial charge in [0.1, 0.15) is 29.5 Å². The minimum absolute atomic E-state index is 0.0255. The number of aliphatic imine (C=N–C) groups is 1. The van der Waals surface area contributed by atoms with Crippen LogP contribution in [0.5, 0.6) is 5.75 Å². The summed E-state index contributed by atoms with van der Waals surface area (Å²) in [6, 6.07) is 19.7. The van der Waals surface area contributed by atoms with Gasteiger partial charge in [0, 0.05) is 101 Å². The van der Waals surface area contributed by atoms with Crippen LogP contribution in [0.1, 0.15) is 108 Å². The first-order valence-corrected chi connectivity index (χ1v) is 20.2. The molecule has 3 aromatic carbocycles. The Morgan fingerprint density at radius 3 is 2.35 bits per heavy atom. The van der Waals surface area contributed by atoms with Crippen LogP contribution in [0.4, 0.5) is 5.69 Å². The maximum atomic E-state index is 13.9. The van der Waals surface area contributed by atoms with E-state index in [2.05, 4.69) is 27.8 Å². The highest BCUT2D eigenvalue weighted by atomic mass is 35.5. The third-order valence-electron chi connectivity index (χ3n) is 13.0. The summed E-state index contributed by atoms with van der Waals surface area (Å²) in [6.07, 6.45) is 2.16. The van der Waals surface area contributed by atoms with Gasteiger partial charge in [-0.3, -0.25) is 24.0 Å². The lowest BCUT2D eigenvalue weighted by atomic mass is 9.51. The minimum atomic E-state index is -0.517. The van der Waals surface area contributed by atoms with Crippen LogP contribution in [0.25, 0.3) is 0 Å². The van der Waals surface area contributed by atoms with E-state index in [1.165, 1.54) is 0 Å². The Morgan fingerprint density at radius 1 is 0.912 bits per heavy atom. The van der Waals surface area contributed by atoms with E-state index in [0.29, 0.717) is 78.2 Å². The van der Waals surface area contributed by atoms with Crippen LogP contribution in [0.3, 0.4) is 0 Å². The van der Waals surface area contributed by atoms with Gasteiger partial charge in [-0.25, -0.2) is 4.99 Å². The molecule has 5 aliphatic rings. The number of hydrogen-bond acceptors (Lipinski definition) is 8. The van der Waals surface area contributed by atoms with Crippen molar-refractivity contribution in [2.75, 3.05) is 18.0 Å². The molecule has 1 aliphatic heterocycles. The van der Waals surface area contributed by atoms with Gasteiger partial charge in [-0.05, 0) is 79.3 Å². The highest BCUT2D eigenvalue weighted by molar-refractivity contribution is 6.31. The number of amides is 1. The van der Waals surface area contributed by atoms with Gasteiger partial charge >= 0.3 is 0 Å². The first kappa shape index (κ1) is 38.5. The molecule has 0 radical (unpaired) electrons.